The first-order valence-electron chi connectivity index (χ1n) is 8.62. The van der Waals surface area contributed by atoms with Crippen LogP contribution in [0.5, 0.6) is 0 Å². The van der Waals surface area contributed by atoms with Gasteiger partial charge in [-0.15, -0.1) is 0 Å². The first-order chi connectivity index (χ1) is 12.2. The van der Waals surface area contributed by atoms with Gasteiger partial charge in [0.25, 0.3) is 0 Å². The number of nitrogens with one attached hydrogen (secondary N) is 1. The minimum absolute atomic E-state index is 0.0404. The smallest absolute Gasteiger partial charge is 0.216 e. The van der Waals surface area contributed by atoms with E-state index in [0.29, 0.717) is 13.0 Å². The third kappa shape index (κ3) is 6.78. The van der Waals surface area contributed by atoms with E-state index in [1.165, 1.54) is 18.1 Å². The van der Waals surface area contributed by atoms with Crippen LogP contribution in [0.15, 0.2) is 60.7 Å². The minimum Gasteiger partial charge on any atom is -0.355 e. The number of nitriles is 1. The van der Waals surface area contributed by atoms with E-state index in [9.17, 15) is 4.79 Å². The molecule has 4 heteroatoms. The van der Waals surface area contributed by atoms with E-state index in [1.807, 2.05) is 36.4 Å². The summed E-state index contributed by atoms with van der Waals surface area (Å²) < 4.78 is 0. The number of carbonyl (C=O) groups excluding carboxylic acids is 1. The SMILES string of the molecule is CC(=O)NCC(CCC#N)N(Cc1ccccc1)Cc1ccccc1. The van der Waals surface area contributed by atoms with Gasteiger partial charge >= 0.3 is 0 Å². The Morgan fingerprint density at radius 3 is 2.00 bits per heavy atom. The largest absolute Gasteiger partial charge is 0.355 e. The molecule has 0 heterocycles. The third-order valence-electron chi connectivity index (χ3n) is 4.15. The Bertz CT molecular complexity index is 638. The van der Waals surface area contributed by atoms with Gasteiger partial charge in [-0.1, -0.05) is 60.7 Å². The first-order valence-corrected chi connectivity index (χ1v) is 8.62. The lowest BCUT2D eigenvalue weighted by molar-refractivity contribution is -0.119. The summed E-state index contributed by atoms with van der Waals surface area (Å²) in [5.41, 5.74) is 2.45. The van der Waals surface area contributed by atoms with E-state index in [-0.39, 0.29) is 11.9 Å². The standard InChI is InChI=1S/C21H25N3O/c1-18(25)23-15-21(13-8-14-22)24(16-19-9-4-2-5-10-19)17-20-11-6-3-7-12-20/h2-7,9-12,21H,8,13,15-17H2,1H3,(H,23,25). The predicted octanol–water partition coefficient (Wildman–Crippen LogP) is 3.50. The summed E-state index contributed by atoms with van der Waals surface area (Å²) in [6, 6.07) is 22.9. The molecule has 0 radical (unpaired) electrons. The lowest BCUT2D eigenvalue weighted by Crippen LogP contribution is -2.42. The zero-order chi connectivity index (χ0) is 17.9. The van der Waals surface area contributed by atoms with Crippen LogP contribution in [0, 0.1) is 11.3 Å². The van der Waals surface area contributed by atoms with Crippen LogP contribution in [0.3, 0.4) is 0 Å². The predicted molar refractivity (Wildman–Crippen MR) is 99.4 cm³/mol. The van der Waals surface area contributed by atoms with Gasteiger partial charge in [0.1, 0.15) is 0 Å². The highest BCUT2D eigenvalue weighted by Crippen LogP contribution is 2.16. The summed E-state index contributed by atoms with van der Waals surface area (Å²) in [5, 5.41) is 11.9. The normalized spacial score (nSPS) is 11.7. The third-order valence-corrected chi connectivity index (χ3v) is 4.15. The highest BCUT2D eigenvalue weighted by molar-refractivity contribution is 5.72. The minimum atomic E-state index is -0.0404. The van der Waals surface area contributed by atoms with E-state index in [0.717, 1.165) is 19.5 Å². The highest BCUT2D eigenvalue weighted by atomic mass is 16.1. The van der Waals surface area contributed by atoms with Crippen LogP contribution in [0.4, 0.5) is 0 Å². The van der Waals surface area contributed by atoms with Gasteiger partial charge in [0, 0.05) is 39.0 Å². The van der Waals surface area contributed by atoms with Gasteiger partial charge in [-0.25, -0.2) is 0 Å². The molecule has 2 rings (SSSR count). The van der Waals surface area contributed by atoms with Gasteiger partial charge in [-0.2, -0.15) is 5.26 Å². The van der Waals surface area contributed by atoms with Crippen molar-refractivity contribution in [2.45, 2.75) is 38.9 Å². The van der Waals surface area contributed by atoms with E-state index in [4.69, 9.17) is 5.26 Å². The van der Waals surface area contributed by atoms with Gasteiger partial charge in [0.05, 0.1) is 6.07 Å². The number of amides is 1. The summed E-state index contributed by atoms with van der Waals surface area (Å²) in [7, 11) is 0. The van der Waals surface area contributed by atoms with Gasteiger partial charge in [-0.05, 0) is 17.5 Å². The second kappa shape index (κ2) is 10.3. The van der Waals surface area contributed by atoms with Crippen molar-refractivity contribution in [1.82, 2.24) is 10.2 Å². The second-order valence-electron chi connectivity index (χ2n) is 6.16. The van der Waals surface area contributed by atoms with Crippen LogP contribution in [-0.4, -0.2) is 23.4 Å². The molecule has 0 aliphatic carbocycles. The number of benzene rings is 2. The Morgan fingerprint density at radius 2 is 1.56 bits per heavy atom. The summed E-state index contributed by atoms with van der Waals surface area (Å²) in [5.74, 6) is -0.0404. The zero-order valence-electron chi connectivity index (χ0n) is 14.7. The molecule has 2 aromatic carbocycles. The Labute approximate surface area is 150 Å². The molecule has 130 valence electrons. The molecule has 4 nitrogen and oxygen atoms in total. The summed E-state index contributed by atoms with van der Waals surface area (Å²) in [6.45, 7) is 3.65. The second-order valence-corrected chi connectivity index (χ2v) is 6.16. The van der Waals surface area contributed by atoms with Crippen molar-refractivity contribution in [3.63, 3.8) is 0 Å². The van der Waals surface area contributed by atoms with Crippen LogP contribution in [0.2, 0.25) is 0 Å². The van der Waals surface area contributed by atoms with E-state index < -0.39 is 0 Å². The Kier molecular flexibility index (Phi) is 7.68. The molecular weight excluding hydrogens is 310 g/mol. The molecule has 1 unspecified atom stereocenters. The van der Waals surface area contributed by atoms with Crippen molar-refractivity contribution in [2.24, 2.45) is 0 Å². The molecule has 0 aliphatic rings. The lowest BCUT2D eigenvalue weighted by atomic mass is 10.1. The molecule has 0 aliphatic heterocycles. The van der Waals surface area contributed by atoms with Crippen LogP contribution in [0.25, 0.3) is 0 Å². The number of hydrogen-bond donors (Lipinski definition) is 1. The monoisotopic (exact) mass is 335 g/mol. The van der Waals surface area contributed by atoms with Crippen molar-refractivity contribution in [3.8, 4) is 6.07 Å². The topological polar surface area (TPSA) is 56.1 Å². The number of carbonyl (C=O) groups is 1. The number of hydrogen-bond acceptors (Lipinski definition) is 3. The van der Waals surface area contributed by atoms with Crippen molar-refractivity contribution < 1.29 is 4.79 Å². The molecule has 1 atom stereocenters. The number of rotatable bonds is 9. The zero-order valence-corrected chi connectivity index (χ0v) is 14.7. The molecule has 2 aromatic rings. The Balaban J connectivity index is 2.18. The van der Waals surface area contributed by atoms with Crippen LogP contribution < -0.4 is 5.32 Å². The molecule has 0 aromatic heterocycles. The van der Waals surface area contributed by atoms with Crippen molar-refractivity contribution in [2.75, 3.05) is 6.54 Å². The Hall–Kier alpha value is -2.64. The van der Waals surface area contributed by atoms with Gasteiger partial charge < -0.3 is 5.32 Å². The van der Waals surface area contributed by atoms with E-state index >= 15 is 0 Å². The lowest BCUT2D eigenvalue weighted by Gasteiger charge is -2.32. The van der Waals surface area contributed by atoms with Crippen molar-refractivity contribution in [1.29, 1.82) is 5.26 Å². The average molecular weight is 335 g/mol. The molecule has 25 heavy (non-hydrogen) atoms. The van der Waals surface area contributed by atoms with Gasteiger partial charge in [0.2, 0.25) is 5.91 Å². The van der Waals surface area contributed by atoms with Crippen LogP contribution in [0.1, 0.15) is 30.9 Å². The average Bonchev–Trinajstić information content (AvgIpc) is 2.63. The first kappa shape index (κ1) is 18.7. The molecule has 1 amide bonds. The van der Waals surface area contributed by atoms with Crippen LogP contribution >= 0.6 is 0 Å². The van der Waals surface area contributed by atoms with Crippen LogP contribution in [-0.2, 0) is 17.9 Å². The molecule has 0 bridgehead atoms. The molecule has 0 saturated carbocycles. The van der Waals surface area contributed by atoms with Crippen molar-refractivity contribution in [3.05, 3.63) is 71.8 Å². The van der Waals surface area contributed by atoms with Gasteiger partial charge in [-0.3, -0.25) is 9.69 Å². The molecule has 1 N–H and O–H groups in total. The maximum atomic E-state index is 11.4. The quantitative estimate of drug-likeness (QED) is 0.763. The Morgan fingerprint density at radius 1 is 1.04 bits per heavy atom. The molecule has 0 saturated heterocycles. The fourth-order valence-electron chi connectivity index (χ4n) is 2.86. The molecule has 0 spiro atoms. The summed E-state index contributed by atoms with van der Waals surface area (Å²) >= 11 is 0. The fraction of sp³-hybridized carbons (Fsp3) is 0.333. The van der Waals surface area contributed by atoms with Gasteiger partial charge in [0.15, 0.2) is 0 Å². The van der Waals surface area contributed by atoms with E-state index in [2.05, 4.69) is 40.6 Å². The number of nitrogens with zero attached hydrogens (tertiary/aromatic N) is 2. The fourth-order valence-corrected chi connectivity index (χ4v) is 2.86. The maximum Gasteiger partial charge on any atom is 0.216 e. The summed E-state index contributed by atoms with van der Waals surface area (Å²) in [6.07, 6.45) is 1.21. The maximum absolute atomic E-state index is 11.4. The van der Waals surface area contributed by atoms with E-state index in [1.54, 1.807) is 0 Å². The highest BCUT2D eigenvalue weighted by Gasteiger charge is 2.19. The van der Waals surface area contributed by atoms with Crippen molar-refractivity contribution >= 4 is 5.91 Å². The summed E-state index contributed by atoms with van der Waals surface area (Å²) in [4.78, 5) is 13.7. The molecular formula is C21H25N3O. The molecule has 0 fully saturated rings.